The Hall–Kier alpha value is -2.96. The Morgan fingerprint density at radius 1 is 1.10 bits per heavy atom. The van der Waals surface area contributed by atoms with Gasteiger partial charge in [0.15, 0.2) is 11.6 Å². The molecule has 4 rings (SSSR count). The summed E-state index contributed by atoms with van der Waals surface area (Å²) in [6, 6.07) is 8.41. The lowest BCUT2D eigenvalue weighted by Crippen LogP contribution is -2.51. The molecule has 0 spiro atoms. The molecule has 1 saturated carbocycles. The van der Waals surface area contributed by atoms with Crippen molar-refractivity contribution in [3.8, 4) is 0 Å². The molecule has 1 aliphatic heterocycles. The Morgan fingerprint density at radius 3 is 2.41 bits per heavy atom. The number of halogens is 2. The number of amides is 2. The summed E-state index contributed by atoms with van der Waals surface area (Å²) in [6.07, 6.45) is 2.09. The number of nitrogens with two attached hydrogens (primary N) is 1. The molecular formula is C22H23F2N3O2. The number of hydrogen-bond donors (Lipinski definition) is 2. The number of benzene rings is 2. The molecule has 152 valence electrons. The molecule has 3 N–H and O–H groups in total. The van der Waals surface area contributed by atoms with E-state index >= 15 is 0 Å². The number of nitrogens with one attached hydrogen (secondary N) is 1. The van der Waals surface area contributed by atoms with Gasteiger partial charge in [0.2, 0.25) is 11.8 Å². The summed E-state index contributed by atoms with van der Waals surface area (Å²) in [4.78, 5) is 26.1. The number of anilines is 2. The van der Waals surface area contributed by atoms with E-state index < -0.39 is 17.5 Å². The molecule has 0 unspecified atom stereocenters. The fraction of sp³-hybridized carbons (Fsp3) is 0.364. The van der Waals surface area contributed by atoms with Gasteiger partial charge in [0.25, 0.3) is 0 Å². The molecule has 2 aliphatic rings. The molecule has 0 radical (unpaired) electrons. The van der Waals surface area contributed by atoms with Crippen LogP contribution in [0, 0.1) is 23.5 Å². The highest BCUT2D eigenvalue weighted by Gasteiger charge is 2.47. The van der Waals surface area contributed by atoms with Crippen LogP contribution in [0.3, 0.4) is 0 Å². The Balaban J connectivity index is 1.83. The van der Waals surface area contributed by atoms with Gasteiger partial charge in [0, 0.05) is 41.9 Å². The van der Waals surface area contributed by atoms with Gasteiger partial charge >= 0.3 is 0 Å². The number of carbonyl (C=O) groups is 2. The average Bonchev–Trinajstić information content (AvgIpc) is 3.50. The Morgan fingerprint density at radius 2 is 1.83 bits per heavy atom. The van der Waals surface area contributed by atoms with Gasteiger partial charge in [0.05, 0.1) is 6.04 Å². The summed E-state index contributed by atoms with van der Waals surface area (Å²) in [5, 5.41) is 3.30. The molecule has 1 fully saturated rings. The molecule has 2 aromatic carbocycles. The maximum Gasteiger partial charge on any atom is 0.248 e. The maximum atomic E-state index is 13.8. The number of nitrogens with zero attached hydrogens (tertiary/aromatic N) is 1. The lowest BCUT2D eigenvalue weighted by Gasteiger charge is -2.46. The number of primary amides is 1. The van der Waals surface area contributed by atoms with Crippen LogP contribution in [0.2, 0.25) is 0 Å². The van der Waals surface area contributed by atoms with Gasteiger partial charge in [-0.05, 0) is 54.7 Å². The summed E-state index contributed by atoms with van der Waals surface area (Å²) in [6.45, 7) is 3.58. The first-order valence-electron chi connectivity index (χ1n) is 9.73. The molecule has 3 atom stereocenters. The summed E-state index contributed by atoms with van der Waals surface area (Å²) >= 11 is 0. The molecule has 5 nitrogen and oxygen atoms in total. The van der Waals surface area contributed by atoms with E-state index in [9.17, 15) is 18.4 Å². The number of hydrogen-bond acceptors (Lipinski definition) is 3. The molecule has 7 heteroatoms. The van der Waals surface area contributed by atoms with Crippen LogP contribution in [0.5, 0.6) is 0 Å². The molecule has 0 bridgehead atoms. The minimum absolute atomic E-state index is 0.0118. The van der Waals surface area contributed by atoms with E-state index in [0.29, 0.717) is 17.2 Å². The average molecular weight is 399 g/mol. The number of fused-ring (bicyclic) bond motifs is 1. The Bertz CT molecular complexity index is 990. The monoisotopic (exact) mass is 399 g/mol. The van der Waals surface area contributed by atoms with Gasteiger partial charge in [-0.2, -0.15) is 0 Å². The molecule has 0 saturated heterocycles. The van der Waals surface area contributed by atoms with Crippen molar-refractivity contribution in [2.24, 2.45) is 17.6 Å². The molecular weight excluding hydrogens is 376 g/mol. The van der Waals surface area contributed by atoms with E-state index in [1.807, 2.05) is 11.8 Å². The summed E-state index contributed by atoms with van der Waals surface area (Å²) in [5.74, 6) is -2.10. The van der Waals surface area contributed by atoms with Crippen molar-refractivity contribution in [3.63, 3.8) is 0 Å². The van der Waals surface area contributed by atoms with Crippen LogP contribution in [0.1, 0.15) is 48.7 Å². The number of rotatable bonds is 4. The first-order valence-corrected chi connectivity index (χ1v) is 9.73. The minimum Gasteiger partial charge on any atom is -0.378 e. The van der Waals surface area contributed by atoms with Crippen molar-refractivity contribution < 1.29 is 18.4 Å². The highest BCUT2D eigenvalue weighted by atomic mass is 19.2. The van der Waals surface area contributed by atoms with Gasteiger partial charge < -0.3 is 16.0 Å². The minimum atomic E-state index is -0.936. The highest BCUT2D eigenvalue weighted by molar-refractivity contribution is 5.97. The van der Waals surface area contributed by atoms with Crippen LogP contribution in [0.4, 0.5) is 20.2 Å². The molecule has 1 aliphatic carbocycles. The quantitative estimate of drug-likeness (QED) is 0.816. The summed E-state index contributed by atoms with van der Waals surface area (Å²) < 4.78 is 27.1. The van der Waals surface area contributed by atoms with E-state index in [0.717, 1.165) is 36.2 Å². The highest BCUT2D eigenvalue weighted by Crippen LogP contribution is 2.50. The summed E-state index contributed by atoms with van der Waals surface area (Å²) in [5.41, 5.74) is 7.69. The second kappa shape index (κ2) is 7.13. The van der Waals surface area contributed by atoms with E-state index in [4.69, 9.17) is 5.73 Å². The van der Waals surface area contributed by atoms with Crippen LogP contribution < -0.4 is 16.0 Å². The van der Waals surface area contributed by atoms with Crippen LogP contribution in [-0.2, 0) is 4.79 Å². The summed E-state index contributed by atoms with van der Waals surface area (Å²) in [7, 11) is 0. The van der Waals surface area contributed by atoms with Crippen LogP contribution >= 0.6 is 0 Å². The van der Waals surface area contributed by atoms with Gasteiger partial charge in [-0.3, -0.25) is 9.59 Å². The molecule has 1 heterocycles. The first kappa shape index (κ1) is 19.4. The fourth-order valence-corrected chi connectivity index (χ4v) is 4.48. The van der Waals surface area contributed by atoms with Gasteiger partial charge in [-0.25, -0.2) is 8.78 Å². The molecule has 2 aromatic rings. The largest absolute Gasteiger partial charge is 0.378 e. The van der Waals surface area contributed by atoms with Crippen molar-refractivity contribution in [3.05, 3.63) is 59.2 Å². The van der Waals surface area contributed by atoms with Crippen molar-refractivity contribution >= 4 is 23.2 Å². The smallest absolute Gasteiger partial charge is 0.248 e. The first-order chi connectivity index (χ1) is 13.8. The van der Waals surface area contributed by atoms with Crippen LogP contribution in [-0.4, -0.2) is 17.9 Å². The third-order valence-electron chi connectivity index (χ3n) is 5.96. The van der Waals surface area contributed by atoms with Crippen molar-refractivity contribution in [2.45, 2.75) is 38.8 Å². The zero-order valence-corrected chi connectivity index (χ0v) is 16.3. The SMILES string of the molecule is CC(=O)N1c2ccc(C(N)=O)cc2[C@H](Nc2ccc(F)c(F)c2)[C@@H](C)[C@@H]1C1CC1. The Labute approximate surface area is 167 Å². The normalized spacial score (nSPS) is 23.4. The van der Waals surface area contributed by atoms with E-state index in [1.54, 1.807) is 18.2 Å². The fourth-order valence-electron chi connectivity index (χ4n) is 4.48. The van der Waals surface area contributed by atoms with Crippen molar-refractivity contribution in [1.29, 1.82) is 0 Å². The van der Waals surface area contributed by atoms with E-state index in [2.05, 4.69) is 5.32 Å². The van der Waals surface area contributed by atoms with Crippen LogP contribution in [0.15, 0.2) is 36.4 Å². The van der Waals surface area contributed by atoms with E-state index in [-0.39, 0.29) is 23.9 Å². The lowest BCUT2D eigenvalue weighted by atomic mass is 9.79. The third-order valence-corrected chi connectivity index (χ3v) is 5.96. The van der Waals surface area contributed by atoms with Crippen molar-refractivity contribution in [1.82, 2.24) is 0 Å². The Kier molecular flexibility index (Phi) is 4.76. The van der Waals surface area contributed by atoms with Gasteiger partial charge in [0.1, 0.15) is 0 Å². The lowest BCUT2D eigenvalue weighted by molar-refractivity contribution is -0.117. The maximum absolute atomic E-state index is 13.8. The van der Waals surface area contributed by atoms with E-state index in [1.165, 1.54) is 13.0 Å². The van der Waals surface area contributed by atoms with Crippen LogP contribution in [0.25, 0.3) is 0 Å². The van der Waals surface area contributed by atoms with Crippen molar-refractivity contribution in [2.75, 3.05) is 10.2 Å². The predicted octanol–water partition coefficient (Wildman–Crippen LogP) is 4.00. The second-order valence-corrected chi connectivity index (χ2v) is 7.96. The standard InChI is InChI=1S/C22H23F2N3O2/c1-11-20(26-15-6-7-17(23)18(24)10-15)16-9-14(22(25)29)5-8-19(16)27(12(2)28)21(11)13-3-4-13/h5-11,13,20-21,26H,3-4H2,1-2H3,(H2,25,29)/t11-,20-,21-/m1/s1. The van der Waals surface area contributed by atoms with Gasteiger partial charge in [-0.15, -0.1) is 0 Å². The number of carbonyl (C=O) groups excluding carboxylic acids is 2. The molecule has 29 heavy (non-hydrogen) atoms. The zero-order valence-electron chi connectivity index (χ0n) is 16.3. The topological polar surface area (TPSA) is 75.4 Å². The predicted molar refractivity (Wildman–Crippen MR) is 107 cm³/mol. The molecule has 0 aromatic heterocycles. The third kappa shape index (κ3) is 3.45. The molecule has 2 amide bonds. The van der Waals surface area contributed by atoms with Gasteiger partial charge in [-0.1, -0.05) is 6.92 Å². The second-order valence-electron chi connectivity index (χ2n) is 7.96. The zero-order chi connectivity index (χ0) is 20.9.